The van der Waals surface area contributed by atoms with E-state index in [-0.39, 0.29) is 0 Å². The lowest BCUT2D eigenvalue weighted by molar-refractivity contribution is 0.668. The van der Waals surface area contributed by atoms with Crippen molar-refractivity contribution in [3.63, 3.8) is 0 Å². The highest BCUT2D eigenvalue weighted by molar-refractivity contribution is 6.07. The number of rotatable bonds is 7. The van der Waals surface area contributed by atoms with Gasteiger partial charge in [0.05, 0.1) is 0 Å². The summed E-state index contributed by atoms with van der Waals surface area (Å²) in [7, 11) is 0. The van der Waals surface area contributed by atoms with Gasteiger partial charge in [-0.2, -0.15) is 0 Å². The van der Waals surface area contributed by atoms with E-state index in [0.29, 0.717) is 0 Å². The Morgan fingerprint density at radius 2 is 0.738 bits per heavy atom. The zero-order chi connectivity index (χ0) is 40.3. The zero-order valence-electron chi connectivity index (χ0n) is 33.1. The maximum atomic E-state index is 6.26. The van der Waals surface area contributed by atoms with Crippen LogP contribution >= 0.6 is 0 Å². The van der Waals surface area contributed by atoms with Crippen LogP contribution in [0.2, 0.25) is 0 Å². The molecular formula is C58H37NO2. The fourth-order valence-electron chi connectivity index (χ4n) is 9.03. The van der Waals surface area contributed by atoms with E-state index >= 15 is 0 Å². The van der Waals surface area contributed by atoms with Crippen LogP contribution in [-0.4, -0.2) is 0 Å². The van der Waals surface area contributed by atoms with Gasteiger partial charge in [-0.3, -0.25) is 0 Å². The highest BCUT2D eigenvalue weighted by Crippen LogP contribution is 2.41. The topological polar surface area (TPSA) is 29.5 Å². The predicted octanol–water partition coefficient (Wildman–Crippen LogP) is 16.8. The van der Waals surface area contributed by atoms with E-state index in [0.717, 1.165) is 88.8 Å². The van der Waals surface area contributed by atoms with Crippen LogP contribution in [0, 0.1) is 0 Å². The molecule has 12 rings (SSSR count). The van der Waals surface area contributed by atoms with Crippen molar-refractivity contribution in [1.29, 1.82) is 0 Å². The van der Waals surface area contributed by atoms with Crippen molar-refractivity contribution < 1.29 is 8.83 Å². The van der Waals surface area contributed by atoms with Gasteiger partial charge in [-0.1, -0.05) is 146 Å². The standard InChI is InChI=1S/C58H37NO2/c1-2-16-49-40(10-1)11-9-19-50(49)45-14-7-12-41(34-45)42-13-8-15-48(35-42)59(46-28-22-38(23-29-46)43-27-33-57-54(36-43)52-18-4-6-21-56(52)60-57)47-30-24-39(25-31-47)44-26-32-53-51-17-3-5-20-55(51)61-58(53)37-44/h1-37H. The van der Waals surface area contributed by atoms with Crippen LogP contribution in [0.4, 0.5) is 17.1 Å². The number of anilines is 3. The molecule has 61 heavy (non-hydrogen) atoms. The fraction of sp³-hybridized carbons (Fsp3) is 0. The Labute approximate surface area is 353 Å². The summed E-state index contributed by atoms with van der Waals surface area (Å²) < 4.78 is 12.4. The van der Waals surface area contributed by atoms with Gasteiger partial charge in [0.2, 0.25) is 0 Å². The number of fused-ring (bicyclic) bond motifs is 7. The monoisotopic (exact) mass is 779 g/mol. The molecule has 0 N–H and O–H groups in total. The van der Waals surface area contributed by atoms with Crippen molar-refractivity contribution in [1.82, 2.24) is 0 Å². The second kappa shape index (κ2) is 14.3. The molecule has 286 valence electrons. The second-order valence-electron chi connectivity index (χ2n) is 15.7. The van der Waals surface area contributed by atoms with Gasteiger partial charge in [-0.05, 0) is 134 Å². The third-order valence-corrected chi connectivity index (χ3v) is 12.1. The Kier molecular flexibility index (Phi) is 8.17. The third-order valence-electron chi connectivity index (χ3n) is 12.1. The van der Waals surface area contributed by atoms with E-state index in [4.69, 9.17) is 8.83 Å². The minimum atomic E-state index is 0.894. The molecule has 0 spiro atoms. The molecule has 0 saturated carbocycles. The van der Waals surface area contributed by atoms with Gasteiger partial charge < -0.3 is 13.7 Å². The van der Waals surface area contributed by atoms with Crippen molar-refractivity contribution >= 4 is 71.7 Å². The largest absolute Gasteiger partial charge is 0.456 e. The molecule has 0 amide bonds. The summed E-state index contributed by atoms with van der Waals surface area (Å²) in [5.41, 5.74) is 16.1. The van der Waals surface area contributed by atoms with E-state index in [1.807, 2.05) is 24.3 Å². The molecule has 0 saturated heterocycles. The van der Waals surface area contributed by atoms with E-state index in [1.165, 1.54) is 27.5 Å². The van der Waals surface area contributed by atoms with Gasteiger partial charge in [-0.25, -0.2) is 0 Å². The smallest absolute Gasteiger partial charge is 0.136 e. The lowest BCUT2D eigenvalue weighted by Gasteiger charge is -2.26. The number of nitrogens with zero attached hydrogens (tertiary/aromatic N) is 1. The van der Waals surface area contributed by atoms with Crippen LogP contribution in [0.5, 0.6) is 0 Å². The Balaban J connectivity index is 0.936. The molecule has 12 aromatic rings. The minimum Gasteiger partial charge on any atom is -0.456 e. The average molecular weight is 780 g/mol. The summed E-state index contributed by atoms with van der Waals surface area (Å²) in [4.78, 5) is 2.35. The average Bonchev–Trinajstić information content (AvgIpc) is 3.90. The van der Waals surface area contributed by atoms with Crippen molar-refractivity contribution in [2.24, 2.45) is 0 Å². The van der Waals surface area contributed by atoms with Crippen LogP contribution in [0.1, 0.15) is 0 Å². The van der Waals surface area contributed by atoms with Gasteiger partial charge in [0.15, 0.2) is 0 Å². The van der Waals surface area contributed by atoms with Crippen molar-refractivity contribution in [2.75, 3.05) is 4.90 Å². The lowest BCUT2D eigenvalue weighted by atomic mass is 9.95. The molecule has 2 aromatic heterocycles. The Morgan fingerprint density at radius 1 is 0.246 bits per heavy atom. The van der Waals surface area contributed by atoms with E-state index in [1.54, 1.807) is 0 Å². The lowest BCUT2D eigenvalue weighted by Crippen LogP contribution is -2.10. The first-order chi connectivity index (χ1) is 30.2. The molecule has 0 aliphatic carbocycles. The summed E-state index contributed by atoms with van der Waals surface area (Å²) in [5, 5.41) is 7.02. The van der Waals surface area contributed by atoms with Gasteiger partial charge >= 0.3 is 0 Å². The Morgan fingerprint density at radius 3 is 1.49 bits per heavy atom. The first kappa shape index (κ1) is 34.9. The molecule has 0 aliphatic heterocycles. The van der Waals surface area contributed by atoms with Crippen LogP contribution in [0.15, 0.2) is 233 Å². The first-order valence-electron chi connectivity index (χ1n) is 20.7. The molecule has 0 aliphatic rings. The van der Waals surface area contributed by atoms with E-state index in [9.17, 15) is 0 Å². The third kappa shape index (κ3) is 6.14. The highest BCUT2D eigenvalue weighted by atomic mass is 16.3. The van der Waals surface area contributed by atoms with E-state index in [2.05, 4.69) is 205 Å². The Hall–Kier alpha value is -8.14. The number of furan rings is 2. The van der Waals surface area contributed by atoms with Gasteiger partial charge in [0.25, 0.3) is 0 Å². The summed E-state index contributed by atoms with van der Waals surface area (Å²) in [6.07, 6.45) is 0. The molecule has 0 fully saturated rings. The van der Waals surface area contributed by atoms with Gasteiger partial charge in [0.1, 0.15) is 22.3 Å². The van der Waals surface area contributed by atoms with Crippen LogP contribution in [-0.2, 0) is 0 Å². The molecule has 0 atom stereocenters. The summed E-state index contributed by atoms with van der Waals surface area (Å²) in [5.74, 6) is 0. The summed E-state index contributed by atoms with van der Waals surface area (Å²) in [6.45, 7) is 0. The van der Waals surface area contributed by atoms with Crippen molar-refractivity contribution in [2.45, 2.75) is 0 Å². The number of para-hydroxylation sites is 2. The molecule has 0 radical (unpaired) electrons. The van der Waals surface area contributed by atoms with Gasteiger partial charge in [0, 0.05) is 38.6 Å². The fourth-order valence-corrected chi connectivity index (χ4v) is 9.03. The Bertz CT molecular complexity index is 3590. The molecule has 3 heteroatoms. The summed E-state index contributed by atoms with van der Waals surface area (Å²) >= 11 is 0. The van der Waals surface area contributed by atoms with Crippen molar-refractivity contribution in [3.8, 4) is 44.5 Å². The van der Waals surface area contributed by atoms with Crippen LogP contribution < -0.4 is 4.90 Å². The first-order valence-corrected chi connectivity index (χ1v) is 20.7. The van der Waals surface area contributed by atoms with Crippen LogP contribution in [0.3, 0.4) is 0 Å². The zero-order valence-corrected chi connectivity index (χ0v) is 33.1. The predicted molar refractivity (Wildman–Crippen MR) is 255 cm³/mol. The molecule has 3 nitrogen and oxygen atoms in total. The molecule has 0 unspecified atom stereocenters. The number of hydrogen-bond donors (Lipinski definition) is 0. The van der Waals surface area contributed by atoms with Crippen molar-refractivity contribution in [3.05, 3.63) is 224 Å². The molecular weight excluding hydrogens is 743 g/mol. The minimum absolute atomic E-state index is 0.894. The highest BCUT2D eigenvalue weighted by Gasteiger charge is 2.16. The molecule has 2 heterocycles. The summed E-state index contributed by atoms with van der Waals surface area (Å²) in [6, 6.07) is 80.1. The second-order valence-corrected chi connectivity index (χ2v) is 15.7. The quantitative estimate of drug-likeness (QED) is 0.161. The maximum Gasteiger partial charge on any atom is 0.136 e. The normalized spacial score (nSPS) is 11.6. The number of benzene rings is 10. The van der Waals surface area contributed by atoms with Gasteiger partial charge in [-0.15, -0.1) is 0 Å². The molecule has 0 bridgehead atoms. The van der Waals surface area contributed by atoms with Crippen LogP contribution in [0.25, 0.3) is 99.2 Å². The maximum absolute atomic E-state index is 6.26. The molecule has 10 aromatic carbocycles. The van der Waals surface area contributed by atoms with E-state index < -0.39 is 0 Å². The number of hydrogen-bond acceptors (Lipinski definition) is 3. The SMILES string of the molecule is c1cc(-c2cccc(N(c3ccc(-c4ccc5c(c4)oc4ccccc45)cc3)c3ccc(-c4ccc5oc6ccccc6c5c4)cc3)c2)cc(-c2cccc3ccccc23)c1.